The van der Waals surface area contributed by atoms with E-state index in [2.05, 4.69) is 0 Å². The van der Waals surface area contributed by atoms with Crippen molar-refractivity contribution in [2.75, 3.05) is 0 Å². The molecule has 5 heteroatoms. The first kappa shape index (κ1) is 14.4. The van der Waals surface area contributed by atoms with Crippen LogP contribution in [0.4, 0.5) is 13.2 Å². The molecule has 0 aromatic heterocycles. The number of hydrogen-bond donors (Lipinski definition) is 0. The van der Waals surface area contributed by atoms with Crippen molar-refractivity contribution in [3.8, 4) is 11.8 Å². The smallest absolute Gasteiger partial charge is 0.417 e. The summed E-state index contributed by atoms with van der Waals surface area (Å²) in [6.45, 7) is 5.62. The van der Waals surface area contributed by atoms with Crippen molar-refractivity contribution in [1.82, 2.24) is 0 Å². The van der Waals surface area contributed by atoms with E-state index in [1.807, 2.05) is 13.8 Å². The van der Waals surface area contributed by atoms with Gasteiger partial charge in [-0.1, -0.05) is 13.8 Å². The maximum Gasteiger partial charge on any atom is 0.417 e. The van der Waals surface area contributed by atoms with Crippen LogP contribution < -0.4 is 4.74 Å². The minimum atomic E-state index is -4.55. The van der Waals surface area contributed by atoms with E-state index in [1.54, 1.807) is 6.92 Å². The number of alkyl halides is 3. The van der Waals surface area contributed by atoms with Gasteiger partial charge in [0.25, 0.3) is 0 Å². The molecule has 0 bridgehead atoms. The number of rotatable bonds is 3. The van der Waals surface area contributed by atoms with Crippen molar-refractivity contribution >= 4 is 0 Å². The first-order chi connectivity index (χ1) is 8.25. The fourth-order valence-corrected chi connectivity index (χ4v) is 1.28. The van der Waals surface area contributed by atoms with E-state index < -0.39 is 17.3 Å². The normalized spacial score (nSPS) is 13.2. The molecule has 0 aliphatic carbocycles. The lowest BCUT2D eigenvalue weighted by Gasteiger charge is -2.19. The number of nitriles is 1. The van der Waals surface area contributed by atoms with Gasteiger partial charge in [0, 0.05) is 0 Å². The minimum Gasteiger partial charge on any atom is -0.490 e. The van der Waals surface area contributed by atoms with E-state index in [-0.39, 0.29) is 17.8 Å². The average molecular weight is 257 g/mol. The van der Waals surface area contributed by atoms with Crippen LogP contribution in [-0.2, 0) is 6.18 Å². The van der Waals surface area contributed by atoms with Gasteiger partial charge in [-0.3, -0.25) is 0 Å². The quantitative estimate of drug-likeness (QED) is 0.819. The van der Waals surface area contributed by atoms with Crippen LogP contribution in [0.15, 0.2) is 18.2 Å². The average Bonchev–Trinajstić information content (AvgIpc) is 2.27. The SMILES string of the molecule is CC(C)C(C)Oc1ccc(C#N)c(C(F)(F)F)c1. The molecule has 98 valence electrons. The van der Waals surface area contributed by atoms with E-state index in [0.717, 1.165) is 12.1 Å². The van der Waals surface area contributed by atoms with Crippen molar-refractivity contribution in [2.45, 2.75) is 33.1 Å². The van der Waals surface area contributed by atoms with E-state index in [0.29, 0.717) is 0 Å². The van der Waals surface area contributed by atoms with Crippen LogP contribution in [-0.4, -0.2) is 6.10 Å². The summed E-state index contributed by atoms with van der Waals surface area (Å²) >= 11 is 0. The first-order valence-corrected chi connectivity index (χ1v) is 5.53. The van der Waals surface area contributed by atoms with E-state index >= 15 is 0 Å². The maximum absolute atomic E-state index is 12.7. The topological polar surface area (TPSA) is 33.0 Å². The number of nitrogens with zero attached hydrogens (tertiary/aromatic N) is 1. The molecule has 1 aromatic rings. The molecule has 0 fully saturated rings. The summed E-state index contributed by atoms with van der Waals surface area (Å²) in [5, 5.41) is 8.65. The summed E-state index contributed by atoms with van der Waals surface area (Å²) in [5.74, 6) is 0.317. The molecule has 1 atom stereocenters. The molecular weight excluding hydrogens is 243 g/mol. The summed E-state index contributed by atoms with van der Waals surface area (Å²) in [5.41, 5.74) is -1.36. The van der Waals surface area contributed by atoms with Crippen molar-refractivity contribution in [3.63, 3.8) is 0 Å². The van der Waals surface area contributed by atoms with Gasteiger partial charge in [0.1, 0.15) is 5.75 Å². The van der Waals surface area contributed by atoms with E-state index in [1.165, 1.54) is 12.1 Å². The van der Waals surface area contributed by atoms with Crippen molar-refractivity contribution in [2.24, 2.45) is 5.92 Å². The van der Waals surface area contributed by atoms with Crippen LogP contribution in [0.5, 0.6) is 5.75 Å². The Morgan fingerprint density at radius 2 is 1.83 bits per heavy atom. The third-order valence-electron chi connectivity index (χ3n) is 2.68. The first-order valence-electron chi connectivity index (χ1n) is 5.53. The second-order valence-corrected chi connectivity index (χ2v) is 4.38. The van der Waals surface area contributed by atoms with Gasteiger partial charge in [0.2, 0.25) is 0 Å². The summed E-state index contributed by atoms with van der Waals surface area (Å²) in [7, 11) is 0. The molecule has 0 amide bonds. The Hall–Kier alpha value is -1.70. The number of benzene rings is 1. The van der Waals surface area contributed by atoms with Crippen LogP contribution in [0.2, 0.25) is 0 Å². The molecule has 1 aromatic carbocycles. The highest BCUT2D eigenvalue weighted by molar-refractivity contribution is 5.44. The Kier molecular flexibility index (Phi) is 4.23. The van der Waals surface area contributed by atoms with Gasteiger partial charge in [0.05, 0.1) is 23.3 Å². The predicted molar refractivity (Wildman–Crippen MR) is 61.1 cm³/mol. The van der Waals surface area contributed by atoms with Crippen molar-refractivity contribution < 1.29 is 17.9 Å². The maximum atomic E-state index is 12.7. The Bertz CT molecular complexity index is 460. The van der Waals surface area contributed by atoms with Crippen LogP contribution >= 0.6 is 0 Å². The van der Waals surface area contributed by atoms with E-state index in [9.17, 15) is 13.2 Å². The summed E-state index contributed by atoms with van der Waals surface area (Å²) in [4.78, 5) is 0. The molecule has 0 saturated heterocycles. The highest BCUT2D eigenvalue weighted by Gasteiger charge is 2.34. The van der Waals surface area contributed by atoms with Crippen LogP contribution in [0.25, 0.3) is 0 Å². The molecule has 0 heterocycles. The van der Waals surface area contributed by atoms with Gasteiger partial charge in [-0.25, -0.2) is 0 Å². The lowest BCUT2D eigenvalue weighted by Crippen LogP contribution is -2.19. The van der Waals surface area contributed by atoms with Crippen LogP contribution in [0, 0.1) is 17.2 Å². The third-order valence-corrected chi connectivity index (χ3v) is 2.68. The predicted octanol–water partition coefficient (Wildman–Crippen LogP) is 4.00. The molecule has 0 N–H and O–H groups in total. The van der Waals surface area contributed by atoms with Gasteiger partial charge in [-0.15, -0.1) is 0 Å². The lowest BCUT2D eigenvalue weighted by molar-refractivity contribution is -0.137. The largest absolute Gasteiger partial charge is 0.490 e. The Balaban J connectivity index is 3.09. The summed E-state index contributed by atoms with van der Waals surface area (Å²) in [6, 6.07) is 4.91. The monoisotopic (exact) mass is 257 g/mol. The second-order valence-electron chi connectivity index (χ2n) is 4.38. The standard InChI is InChI=1S/C13H14F3NO/c1-8(2)9(3)18-11-5-4-10(7-17)12(6-11)13(14,15)16/h4-6,8-9H,1-3H3. The zero-order valence-corrected chi connectivity index (χ0v) is 10.4. The zero-order valence-electron chi connectivity index (χ0n) is 10.4. The summed E-state index contributed by atoms with van der Waals surface area (Å²) in [6.07, 6.45) is -4.75. The highest BCUT2D eigenvalue weighted by Crippen LogP contribution is 2.34. The van der Waals surface area contributed by atoms with Crippen molar-refractivity contribution in [3.05, 3.63) is 29.3 Å². The Morgan fingerprint density at radius 1 is 1.22 bits per heavy atom. The van der Waals surface area contributed by atoms with Gasteiger partial charge < -0.3 is 4.74 Å². The number of ether oxygens (including phenoxy) is 1. The molecule has 0 radical (unpaired) electrons. The molecule has 18 heavy (non-hydrogen) atoms. The van der Waals surface area contributed by atoms with Crippen LogP contribution in [0.1, 0.15) is 31.9 Å². The van der Waals surface area contributed by atoms with Gasteiger partial charge in [-0.05, 0) is 31.0 Å². The van der Waals surface area contributed by atoms with Gasteiger partial charge in [0.15, 0.2) is 0 Å². The fourth-order valence-electron chi connectivity index (χ4n) is 1.28. The number of hydrogen-bond acceptors (Lipinski definition) is 2. The van der Waals surface area contributed by atoms with Gasteiger partial charge in [-0.2, -0.15) is 18.4 Å². The molecule has 1 rings (SSSR count). The van der Waals surface area contributed by atoms with Crippen molar-refractivity contribution in [1.29, 1.82) is 5.26 Å². The Morgan fingerprint density at radius 3 is 2.28 bits per heavy atom. The number of halogens is 3. The molecular formula is C13H14F3NO. The second kappa shape index (κ2) is 5.30. The third kappa shape index (κ3) is 3.39. The minimum absolute atomic E-state index is 0.127. The lowest BCUT2D eigenvalue weighted by atomic mass is 10.1. The fraction of sp³-hybridized carbons (Fsp3) is 0.462. The molecule has 1 unspecified atom stereocenters. The van der Waals surface area contributed by atoms with Crippen LogP contribution in [0.3, 0.4) is 0 Å². The van der Waals surface area contributed by atoms with E-state index in [4.69, 9.17) is 10.00 Å². The molecule has 0 saturated carbocycles. The van der Waals surface area contributed by atoms with Gasteiger partial charge >= 0.3 is 6.18 Å². The molecule has 2 nitrogen and oxygen atoms in total. The molecule has 0 aliphatic heterocycles. The Labute approximate surface area is 104 Å². The zero-order chi connectivity index (χ0) is 13.9. The molecule has 0 spiro atoms. The molecule has 0 aliphatic rings. The summed E-state index contributed by atoms with van der Waals surface area (Å²) < 4.78 is 43.5. The highest BCUT2D eigenvalue weighted by atomic mass is 19.4.